The summed E-state index contributed by atoms with van der Waals surface area (Å²) in [6.45, 7) is 8.32. The highest BCUT2D eigenvalue weighted by Gasteiger charge is 2.34. The molecule has 2 aliphatic heterocycles. The zero-order valence-electron chi connectivity index (χ0n) is 12.7. The van der Waals surface area contributed by atoms with Gasteiger partial charge >= 0.3 is 0 Å². The molecule has 0 aromatic heterocycles. The zero-order valence-corrected chi connectivity index (χ0v) is 12.7. The number of para-hydroxylation sites is 1. The molecule has 3 rings (SSSR count). The van der Waals surface area contributed by atoms with Gasteiger partial charge in [0.2, 0.25) is 0 Å². The normalized spacial score (nSPS) is 27.9. The summed E-state index contributed by atoms with van der Waals surface area (Å²) in [6.07, 6.45) is 3.29. The number of rotatable bonds is 3. The second kappa shape index (κ2) is 5.38. The summed E-state index contributed by atoms with van der Waals surface area (Å²) in [5, 5.41) is 3.55. The highest BCUT2D eigenvalue weighted by Crippen LogP contribution is 2.42. The van der Waals surface area contributed by atoms with Gasteiger partial charge in [-0.3, -0.25) is 0 Å². The third-order valence-electron chi connectivity index (χ3n) is 4.25. The van der Waals surface area contributed by atoms with Gasteiger partial charge in [0.15, 0.2) is 0 Å². The van der Waals surface area contributed by atoms with Gasteiger partial charge in [-0.1, -0.05) is 25.1 Å². The van der Waals surface area contributed by atoms with Crippen LogP contribution in [-0.2, 0) is 11.2 Å². The van der Waals surface area contributed by atoms with E-state index in [-0.39, 0.29) is 11.7 Å². The van der Waals surface area contributed by atoms with Crippen molar-refractivity contribution in [2.45, 2.75) is 57.8 Å². The Labute approximate surface area is 121 Å². The summed E-state index contributed by atoms with van der Waals surface area (Å²) in [7, 11) is 0. The molecule has 1 aromatic carbocycles. The maximum absolute atomic E-state index is 6.17. The van der Waals surface area contributed by atoms with Gasteiger partial charge in [-0.15, -0.1) is 0 Å². The fraction of sp³-hybridized carbons (Fsp3) is 0.647. The van der Waals surface area contributed by atoms with Crippen LogP contribution in [0.2, 0.25) is 0 Å². The molecule has 3 heteroatoms. The van der Waals surface area contributed by atoms with Gasteiger partial charge < -0.3 is 14.8 Å². The Bertz CT molecular complexity index is 482. The van der Waals surface area contributed by atoms with Crippen LogP contribution < -0.4 is 10.1 Å². The van der Waals surface area contributed by atoms with Crippen molar-refractivity contribution in [3.05, 3.63) is 29.3 Å². The molecule has 1 aromatic rings. The quantitative estimate of drug-likeness (QED) is 0.918. The molecule has 0 bridgehead atoms. The molecule has 0 radical (unpaired) electrons. The standard InChI is InChI=1S/C17H25NO2/c1-4-18-13-8-9-19-15(10-13)14-7-5-6-12-11-17(2,3)20-16(12)14/h5-7,13,15,18H,4,8-11H2,1-3H3. The van der Waals surface area contributed by atoms with Crippen LogP contribution in [0.3, 0.4) is 0 Å². The van der Waals surface area contributed by atoms with Gasteiger partial charge in [-0.05, 0) is 38.8 Å². The summed E-state index contributed by atoms with van der Waals surface area (Å²) in [5.74, 6) is 1.07. The molecule has 110 valence electrons. The van der Waals surface area contributed by atoms with Gasteiger partial charge in [0.05, 0.1) is 6.10 Å². The van der Waals surface area contributed by atoms with Crippen LogP contribution in [0.1, 0.15) is 50.8 Å². The molecule has 1 fully saturated rings. The van der Waals surface area contributed by atoms with E-state index in [1.54, 1.807) is 0 Å². The van der Waals surface area contributed by atoms with E-state index in [4.69, 9.17) is 9.47 Å². The zero-order chi connectivity index (χ0) is 14.2. The molecular weight excluding hydrogens is 250 g/mol. The molecule has 2 heterocycles. The Kier molecular flexibility index (Phi) is 3.74. The first-order valence-corrected chi connectivity index (χ1v) is 7.75. The first-order valence-electron chi connectivity index (χ1n) is 7.75. The van der Waals surface area contributed by atoms with Crippen LogP contribution in [0.4, 0.5) is 0 Å². The molecule has 2 atom stereocenters. The summed E-state index contributed by atoms with van der Waals surface area (Å²) in [4.78, 5) is 0. The van der Waals surface area contributed by atoms with Crippen molar-refractivity contribution in [1.29, 1.82) is 0 Å². The number of benzene rings is 1. The monoisotopic (exact) mass is 275 g/mol. The first-order chi connectivity index (χ1) is 9.59. The number of nitrogens with one attached hydrogen (secondary N) is 1. The minimum absolute atomic E-state index is 0.0891. The fourth-order valence-corrected chi connectivity index (χ4v) is 3.38. The van der Waals surface area contributed by atoms with E-state index in [2.05, 4.69) is 44.3 Å². The molecule has 0 aliphatic carbocycles. The van der Waals surface area contributed by atoms with E-state index in [0.29, 0.717) is 6.04 Å². The molecule has 20 heavy (non-hydrogen) atoms. The van der Waals surface area contributed by atoms with Crippen LogP contribution in [0, 0.1) is 0 Å². The first kappa shape index (κ1) is 13.9. The predicted octanol–water partition coefficient (Wildman–Crippen LogP) is 3.23. The number of ether oxygens (including phenoxy) is 2. The van der Waals surface area contributed by atoms with Crippen LogP contribution in [-0.4, -0.2) is 24.8 Å². The van der Waals surface area contributed by atoms with Crippen LogP contribution in [0.15, 0.2) is 18.2 Å². The second-order valence-corrected chi connectivity index (χ2v) is 6.51. The third-order valence-corrected chi connectivity index (χ3v) is 4.25. The lowest BCUT2D eigenvalue weighted by Gasteiger charge is -2.31. The Morgan fingerprint density at radius 1 is 1.35 bits per heavy atom. The van der Waals surface area contributed by atoms with Gasteiger partial charge in [-0.25, -0.2) is 0 Å². The summed E-state index contributed by atoms with van der Waals surface area (Å²) in [5.41, 5.74) is 2.46. The predicted molar refractivity (Wildman–Crippen MR) is 80.2 cm³/mol. The highest BCUT2D eigenvalue weighted by atomic mass is 16.5. The maximum Gasteiger partial charge on any atom is 0.129 e. The molecule has 0 spiro atoms. The lowest BCUT2D eigenvalue weighted by molar-refractivity contribution is -0.00194. The van der Waals surface area contributed by atoms with Gasteiger partial charge in [0.25, 0.3) is 0 Å². The van der Waals surface area contributed by atoms with Crippen molar-refractivity contribution in [1.82, 2.24) is 5.32 Å². The average Bonchev–Trinajstić information content (AvgIpc) is 2.73. The molecule has 2 unspecified atom stereocenters. The Balaban J connectivity index is 1.83. The van der Waals surface area contributed by atoms with Crippen molar-refractivity contribution in [3.63, 3.8) is 0 Å². The number of hydrogen-bond acceptors (Lipinski definition) is 3. The molecule has 1 saturated heterocycles. The lowest BCUT2D eigenvalue weighted by atomic mass is 9.94. The maximum atomic E-state index is 6.17. The molecular formula is C17H25NO2. The van der Waals surface area contributed by atoms with Crippen LogP contribution >= 0.6 is 0 Å². The minimum atomic E-state index is -0.0891. The highest BCUT2D eigenvalue weighted by molar-refractivity contribution is 5.47. The second-order valence-electron chi connectivity index (χ2n) is 6.51. The molecule has 1 N–H and O–H groups in total. The van der Waals surface area contributed by atoms with E-state index >= 15 is 0 Å². The van der Waals surface area contributed by atoms with E-state index in [1.165, 1.54) is 11.1 Å². The molecule has 2 aliphatic rings. The molecule has 0 amide bonds. The SMILES string of the molecule is CCNC1CCOC(c2cccc3c2OC(C)(C)C3)C1. The van der Waals surface area contributed by atoms with Crippen LogP contribution in [0.5, 0.6) is 5.75 Å². The number of fused-ring (bicyclic) bond motifs is 1. The van der Waals surface area contributed by atoms with Gasteiger partial charge in [0, 0.05) is 24.6 Å². The largest absolute Gasteiger partial charge is 0.487 e. The average molecular weight is 275 g/mol. The van der Waals surface area contributed by atoms with Crippen molar-refractivity contribution in [2.24, 2.45) is 0 Å². The van der Waals surface area contributed by atoms with E-state index in [0.717, 1.165) is 38.2 Å². The molecule has 3 nitrogen and oxygen atoms in total. The Hall–Kier alpha value is -1.06. The third kappa shape index (κ3) is 2.70. The van der Waals surface area contributed by atoms with Gasteiger partial charge in [-0.2, -0.15) is 0 Å². The Morgan fingerprint density at radius 3 is 3.00 bits per heavy atom. The number of hydrogen-bond donors (Lipinski definition) is 1. The van der Waals surface area contributed by atoms with E-state index < -0.39 is 0 Å². The summed E-state index contributed by atoms with van der Waals surface area (Å²) >= 11 is 0. The van der Waals surface area contributed by atoms with E-state index in [1.807, 2.05) is 0 Å². The van der Waals surface area contributed by atoms with Crippen LogP contribution in [0.25, 0.3) is 0 Å². The summed E-state index contributed by atoms with van der Waals surface area (Å²) < 4.78 is 12.2. The fourth-order valence-electron chi connectivity index (χ4n) is 3.38. The minimum Gasteiger partial charge on any atom is -0.487 e. The Morgan fingerprint density at radius 2 is 2.20 bits per heavy atom. The lowest BCUT2D eigenvalue weighted by Crippen LogP contribution is -2.36. The van der Waals surface area contributed by atoms with Crippen molar-refractivity contribution < 1.29 is 9.47 Å². The van der Waals surface area contributed by atoms with Crippen molar-refractivity contribution in [2.75, 3.05) is 13.2 Å². The van der Waals surface area contributed by atoms with Crippen molar-refractivity contribution >= 4 is 0 Å². The van der Waals surface area contributed by atoms with Gasteiger partial charge in [0.1, 0.15) is 11.4 Å². The van der Waals surface area contributed by atoms with E-state index in [9.17, 15) is 0 Å². The summed E-state index contributed by atoms with van der Waals surface area (Å²) in [6, 6.07) is 7.04. The van der Waals surface area contributed by atoms with Crippen molar-refractivity contribution in [3.8, 4) is 5.75 Å². The molecule has 0 saturated carbocycles. The smallest absolute Gasteiger partial charge is 0.129 e. The topological polar surface area (TPSA) is 30.5 Å².